The van der Waals surface area contributed by atoms with Crippen molar-refractivity contribution in [1.29, 1.82) is 0 Å². The van der Waals surface area contributed by atoms with E-state index in [1.807, 2.05) is 13.8 Å². The van der Waals surface area contributed by atoms with E-state index in [-0.39, 0.29) is 6.54 Å². The molecule has 0 aromatic heterocycles. The smallest absolute Gasteiger partial charge is 0.128 e. The second-order valence-corrected chi connectivity index (χ2v) is 3.70. The molecule has 90 valence electrons. The highest BCUT2D eigenvalue weighted by molar-refractivity contribution is 5.53. The van der Waals surface area contributed by atoms with Crippen molar-refractivity contribution in [1.82, 2.24) is 0 Å². The summed E-state index contributed by atoms with van der Waals surface area (Å²) in [4.78, 5) is 0. The molecule has 0 radical (unpaired) electrons. The lowest BCUT2D eigenvalue weighted by Crippen LogP contribution is -2.13. The van der Waals surface area contributed by atoms with E-state index in [0.29, 0.717) is 11.3 Å². The normalized spacial score (nSPS) is 12.4. The molecule has 1 aromatic carbocycles. The summed E-state index contributed by atoms with van der Waals surface area (Å²) < 4.78 is 10.6. The molecule has 0 aliphatic rings. The molecule has 0 bridgehead atoms. The van der Waals surface area contributed by atoms with E-state index in [2.05, 4.69) is 0 Å². The summed E-state index contributed by atoms with van der Waals surface area (Å²) in [6, 6.07) is 1.78. The van der Waals surface area contributed by atoms with Crippen LogP contribution >= 0.6 is 0 Å². The van der Waals surface area contributed by atoms with E-state index in [1.54, 1.807) is 20.3 Å². The van der Waals surface area contributed by atoms with Crippen LogP contribution in [0.3, 0.4) is 0 Å². The van der Waals surface area contributed by atoms with Crippen molar-refractivity contribution in [2.45, 2.75) is 20.0 Å². The van der Waals surface area contributed by atoms with E-state index >= 15 is 0 Å². The summed E-state index contributed by atoms with van der Waals surface area (Å²) in [6.07, 6.45) is -0.733. The Labute approximate surface area is 96.0 Å². The molecular formula is C12H19NO3. The van der Waals surface area contributed by atoms with Crippen LogP contribution in [0.1, 0.15) is 22.8 Å². The molecule has 0 saturated carbocycles. The lowest BCUT2D eigenvalue weighted by Gasteiger charge is -2.19. The molecule has 1 rings (SSSR count). The van der Waals surface area contributed by atoms with Crippen molar-refractivity contribution in [3.05, 3.63) is 22.8 Å². The van der Waals surface area contributed by atoms with E-state index in [9.17, 15) is 5.11 Å². The first-order valence-electron chi connectivity index (χ1n) is 5.17. The van der Waals surface area contributed by atoms with Gasteiger partial charge in [-0.3, -0.25) is 0 Å². The van der Waals surface area contributed by atoms with Gasteiger partial charge in [0.05, 0.1) is 20.3 Å². The molecule has 1 unspecified atom stereocenters. The van der Waals surface area contributed by atoms with Crippen LogP contribution in [-0.4, -0.2) is 25.9 Å². The van der Waals surface area contributed by atoms with Crippen LogP contribution in [0, 0.1) is 13.8 Å². The minimum absolute atomic E-state index is 0.155. The van der Waals surface area contributed by atoms with Crippen molar-refractivity contribution in [2.24, 2.45) is 5.73 Å². The third-order valence-electron chi connectivity index (χ3n) is 2.83. The number of benzene rings is 1. The summed E-state index contributed by atoms with van der Waals surface area (Å²) in [7, 11) is 3.19. The van der Waals surface area contributed by atoms with Crippen molar-refractivity contribution < 1.29 is 14.6 Å². The SMILES string of the molecule is COc1cc(C(O)CN)c(OC)c(C)c1C. The Bertz CT molecular complexity index is 377. The summed E-state index contributed by atoms with van der Waals surface area (Å²) >= 11 is 0. The first kappa shape index (κ1) is 12.8. The van der Waals surface area contributed by atoms with Gasteiger partial charge in [0.1, 0.15) is 11.5 Å². The number of hydrogen-bond acceptors (Lipinski definition) is 4. The van der Waals surface area contributed by atoms with Gasteiger partial charge in [-0.2, -0.15) is 0 Å². The maximum Gasteiger partial charge on any atom is 0.128 e. The van der Waals surface area contributed by atoms with Crippen molar-refractivity contribution in [3.63, 3.8) is 0 Å². The van der Waals surface area contributed by atoms with Gasteiger partial charge in [-0.25, -0.2) is 0 Å². The van der Waals surface area contributed by atoms with Crippen LogP contribution in [0.2, 0.25) is 0 Å². The lowest BCUT2D eigenvalue weighted by molar-refractivity contribution is 0.181. The zero-order chi connectivity index (χ0) is 12.3. The first-order valence-corrected chi connectivity index (χ1v) is 5.17. The number of ether oxygens (including phenoxy) is 2. The van der Waals surface area contributed by atoms with Crippen molar-refractivity contribution in [2.75, 3.05) is 20.8 Å². The molecule has 1 aromatic rings. The van der Waals surface area contributed by atoms with Gasteiger partial charge in [-0.1, -0.05) is 0 Å². The zero-order valence-electron chi connectivity index (χ0n) is 10.2. The standard InChI is InChI=1S/C12H19NO3/c1-7-8(2)12(16-4)9(10(14)6-13)5-11(7)15-3/h5,10,14H,6,13H2,1-4H3. The van der Waals surface area contributed by atoms with Crippen LogP contribution < -0.4 is 15.2 Å². The second-order valence-electron chi connectivity index (χ2n) is 3.70. The second kappa shape index (κ2) is 5.18. The highest BCUT2D eigenvalue weighted by Gasteiger charge is 2.18. The molecule has 0 spiro atoms. The summed E-state index contributed by atoms with van der Waals surface area (Å²) in [5.41, 5.74) is 8.10. The van der Waals surface area contributed by atoms with Crippen molar-refractivity contribution in [3.8, 4) is 11.5 Å². The van der Waals surface area contributed by atoms with Gasteiger partial charge in [0.15, 0.2) is 0 Å². The summed E-state index contributed by atoms with van der Waals surface area (Å²) in [5, 5.41) is 9.82. The lowest BCUT2D eigenvalue weighted by atomic mass is 9.99. The topological polar surface area (TPSA) is 64.7 Å². The number of nitrogens with two attached hydrogens (primary N) is 1. The molecule has 0 heterocycles. The minimum Gasteiger partial charge on any atom is -0.496 e. The van der Waals surface area contributed by atoms with Gasteiger partial charge in [0, 0.05) is 12.1 Å². The number of methoxy groups -OCH3 is 2. The predicted octanol–water partition coefficient (Wildman–Crippen LogP) is 1.31. The fourth-order valence-electron chi connectivity index (χ4n) is 1.74. The molecule has 3 N–H and O–H groups in total. The minimum atomic E-state index is -0.733. The third-order valence-corrected chi connectivity index (χ3v) is 2.83. The number of rotatable bonds is 4. The molecule has 1 atom stereocenters. The fourth-order valence-corrected chi connectivity index (χ4v) is 1.74. The molecule has 0 aliphatic carbocycles. The highest BCUT2D eigenvalue weighted by atomic mass is 16.5. The van der Waals surface area contributed by atoms with Crippen LogP contribution in [0.15, 0.2) is 6.07 Å². The van der Waals surface area contributed by atoms with E-state index in [4.69, 9.17) is 15.2 Å². The molecule has 0 amide bonds. The number of aliphatic hydroxyl groups is 1. The summed E-state index contributed by atoms with van der Waals surface area (Å²) in [6.45, 7) is 4.04. The van der Waals surface area contributed by atoms with Crippen LogP contribution in [0.4, 0.5) is 0 Å². The monoisotopic (exact) mass is 225 g/mol. The van der Waals surface area contributed by atoms with Gasteiger partial charge in [-0.15, -0.1) is 0 Å². The Hall–Kier alpha value is -1.26. The maximum absolute atomic E-state index is 9.82. The largest absolute Gasteiger partial charge is 0.496 e. The predicted molar refractivity (Wildman–Crippen MR) is 63.0 cm³/mol. The molecule has 4 heteroatoms. The average molecular weight is 225 g/mol. The number of hydrogen-bond donors (Lipinski definition) is 2. The average Bonchev–Trinajstić information content (AvgIpc) is 2.31. The van der Waals surface area contributed by atoms with E-state index in [0.717, 1.165) is 16.9 Å². The Morgan fingerprint density at radius 1 is 1.25 bits per heavy atom. The molecule has 0 aliphatic heterocycles. The maximum atomic E-state index is 9.82. The van der Waals surface area contributed by atoms with E-state index in [1.165, 1.54) is 0 Å². The third kappa shape index (κ3) is 2.13. The molecular weight excluding hydrogens is 206 g/mol. The Morgan fingerprint density at radius 3 is 2.31 bits per heavy atom. The quantitative estimate of drug-likeness (QED) is 0.811. The van der Waals surface area contributed by atoms with Gasteiger partial charge < -0.3 is 20.3 Å². The van der Waals surface area contributed by atoms with Gasteiger partial charge in [0.2, 0.25) is 0 Å². The van der Waals surface area contributed by atoms with Crippen molar-refractivity contribution >= 4 is 0 Å². The molecule has 0 fully saturated rings. The van der Waals surface area contributed by atoms with Gasteiger partial charge in [0.25, 0.3) is 0 Å². The Morgan fingerprint density at radius 2 is 1.88 bits per heavy atom. The van der Waals surface area contributed by atoms with Crippen LogP contribution in [-0.2, 0) is 0 Å². The fraction of sp³-hybridized carbons (Fsp3) is 0.500. The Kier molecular flexibility index (Phi) is 4.15. The number of aliphatic hydroxyl groups excluding tert-OH is 1. The molecule has 16 heavy (non-hydrogen) atoms. The summed E-state index contributed by atoms with van der Waals surface area (Å²) in [5.74, 6) is 1.41. The zero-order valence-corrected chi connectivity index (χ0v) is 10.2. The van der Waals surface area contributed by atoms with Gasteiger partial charge >= 0.3 is 0 Å². The van der Waals surface area contributed by atoms with E-state index < -0.39 is 6.10 Å². The highest BCUT2D eigenvalue weighted by Crippen LogP contribution is 2.36. The molecule has 4 nitrogen and oxygen atoms in total. The van der Waals surface area contributed by atoms with Crippen LogP contribution in [0.25, 0.3) is 0 Å². The van der Waals surface area contributed by atoms with Gasteiger partial charge in [-0.05, 0) is 31.0 Å². The Balaban J connectivity index is 3.40. The molecule has 0 saturated heterocycles. The van der Waals surface area contributed by atoms with Crippen LogP contribution in [0.5, 0.6) is 11.5 Å². The first-order chi connectivity index (χ1) is 7.56.